The van der Waals surface area contributed by atoms with Crippen LogP contribution in [0.3, 0.4) is 0 Å². The molecule has 11 heteroatoms. The summed E-state index contributed by atoms with van der Waals surface area (Å²) in [4.78, 5) is 24.4. The van der Waals surface area contributed by atoms with Gasteiger partial charge in [-0.15, -0.1) is 0 Å². The molecule has 2 aromatic heterocycles. The normalized spacial score (nSPS) is 17.4. The van der Waals surface area contributed by atoms with Gasteiger partial charge < -0.3 is 19.0 Å². The number of carbonyl (C=O) groups excluding carboxylic acids is 1. The molecule has 4 rings (SSSR count). The molecule has 1 saturated heterocycles. The predicted octanol–water partition coefficient (Wildman–Crippen LogP) is 6.01. The molecule has 0 radical (unpaired) electrons. The number of benzene rings is 1. The molecule has 0 unspecified atom stereocenters. The number of ether oxygens (including phenoxy) is 1. The lowest BCUT2D eigenvalue weighted by Crippen LogP contribution is -2.54. The minimum absolute atomic E-state index is 0.0489. The molecular weight excluding hydrogens is 473 g/mol. The summed E-state index contributed by atoms with van der Waals surface area (Å²) in [5.41, 5.74) is -1.68. The van der Waals surface area contributed by atoms with Crippen LogP contribution < -0.4 is 4.90 Å². The van der Waals surface area contributed by atoms with Crippen LogP contribution in [0.15, 0.2) is 34.9 Å². The zero-order valence-electron chi connectivity index (χ0n) is 19.1. The SMILES string of the molecule is C[C@H]1CN(C(=O)OC(C)(C)C)CCN1c1nc2cc(Cl)c(C(F)(F)F)c(-c3ccccn3)c2o1. The van der Waals surface area contributed by atoms with Crippen LogP contribution in [0.1, 0.15) is 33.3 Å². The van der Waals surface area contributed by atoms with Crippen molar-refractivity contribution >= 4 is 34.8 Å². The maximum absolute atomic E-state index is 13.9. The molecule has 0 spiro atoms. The molecule has 1 aliphatic rings. The van der Waals surface area contributed by atoms with E-state index in [2.05, 4.69) is 9.97 Å². The largest absolute Gasteiger partial charge is 0.444 e. The lowest BCUT2D eigenvalue weighted by Gasteiger charge is -2.39. The molecule has 7 nitrogen and oxygen atoms in total. The number of anilines is 1. The lowest BCUT2D eigenvalue weighted by atomic mass is 10.0. The van der Waals surface area contributed by atoms with Crippen molar-refractivity contribution in [1.82, 2.24) is 14.9 Å². The van der Waals surface area contributed by atoms with E-state index in [1.165, 1.54) is 12.3 Å². The highest BCUT2D eigenvalue weighted by molar-refractivity contribution is 6.33. The Morgan fingerprint density at radius 3 is 2.56 bits per heavy atom. The first-order valence-electron chi connectivity index (χ1n) is 10.7. The second-order valence-corrected chi connectivity index (χ2v) is 9.54. The van der Waals surface area contributed by atoms with E-state index in [0.29, 0.717) is 19.6 Å². The van der Waals surface area contributed by atoms with Crippen LogP contribution in [0.5, 0.6) is 0 Å². The number of fused-ring (bicyclic) bond motifs is 1. The Morgan fingerprint density at radius 1 is 1.24 bits per heavy atom. The quantitative estimate of drug-likeness (QED) is 0.433. The molecule has 1 amide bonds. The third kappa shape index (κ3) is 4.77. The molecule has 3 heterocycles. The zero-order chi connectivity index (χ0) is 24.8. The average Bonchev–Trinajstić information content (AvgIpc) is 3.14. The van der Waals surface area contributed by atoms with Crippen molar-refractivity contribution in [3.8, 4) is 11.3 Å². The lowest BCUT2D eigenvalue weighted by molar-refractivity contribution is -0.136. The highest BCUT2D eigenvalue weighted by atomic mass is 35.5. The van der Waals surface area contributed by atoms with Crippen molar-refractivity contribution in [1.29, 1.82) is 0 Å². The number of carbonyl (C=O) groups is 1. The fraction of sp³-hybridized carbons (Fsp3) is 0.435. The number of hydrogen-bond acceptors (Lipinski definition) is 6. The number of hydrogen-bond donors (Lipinski definition) is 0. The maximum Gasteiger partial charge on any atom is 0.418 e. The second-order valence-electron chi connectivity index (χ2n) is 9.13. The minimum atomic E-state index is -4.72. The smallest absolute Gasteiger partial charge is 0.418 e. The van der Waals surface area contributed by atoms with E-state index in [1.54, 1.807) is 37.8 Å². The number of pyridine rings is 1. The van der Waals surface area contributed by atoms with Crippen LogP contribution in [0.25, 0.3) is 22.4 Å². The summed E-state index contributed by atoms with van der Waals surface area (Å²) in [5, 5.41) is -0.483. The van der Waals surface area contributed by atoms with Gasteiger partial charge in [-0.05, 0) is 45.9 Å². The van der Waals surface area contributed by atoms with Gasteiger partial charge in [-0.1, -0.05) is 17.7 Å². The van der Waals surface area contributed by atoms with Crippen molar-refractivity contribution in [2.45, 2.75) is 45.5 Å². The summed E-state index contributed by atoms with van der Waals surface area (Å²) in [7, 11) is 0. The van der Waals surface area contributed by atoms with Gasteiger partial charge in [0.15, 0.2) is 5.58 Å². The van der Waals surface area contributed by atoms with Gasteiger partial charge in [0.25, 0.3) is 6.01 Å². The summed E-state index contributed by atoms with van der Waals surface area (Å²) in [5.74, 6) is 0. The van der Waals surface area contributed by atoms with Crippen LogP contribution in [0, 0.1) is 0 Å². The van der Waals surface area contributed by atoms with E-state index in [-0.39, 0.29) is 34.4 Å². The fourth-order valence-corrected chi connectivity index (χ4v) is 4.22. The van der Waals surface area contributed by atoms with Crippen LogP contribution >= 0.6 is 11.6 Å². The Morgan fingerprint density at radius 2 is 1.97 bits per heavy atom. The third-order valence-corrected chi connectivity index (χ3v) is 5.65. The molecule has 3 aromatic rings. The standard InChI is InChI=1S/C23H24ClF3N4O3/c1-13-12-30(21(32)34-22(2,3)4)9-10-31(13)20-29-16-11-14(24)18(23(25,26)27)17(19(16)33-20)15-7-5-6-8-28-15/h5-8,11,13H,9-10,12H2,1-4H3/t13-/m0/s1. The zero-order valence-corrected chi connectivity index (χ0v) is 19.9. The van der Waals surface area contributed by atoms with Gasteiger partial charge in [0, 0.05) is 31.9 Å². The van der Waals surface area contributed by atoms with E-state index >= 15 is 0 Å². The summed E-state index contributed by atoms with van der Waals surface area (Å²) < 4.78 is 53.2. The van der Waals surface area contributed by atoms with E-state index in [0.717, 1.165) is 6.07 Å². The number of nitrogens with zero attached hydrogens (tertiary/aromatic N) is 4. The first-order valence-corrected chi connectivity index (χ1v) is 11.1. The maximum atomic E-state index is 13.9. The van der Waals surface area contributed by atoms with E-state index in [9.17, 15) is 18.0 Å². The first kappa shape index (κ1) is 24.1. The van der Waals surface area contributed by atoms with Crippen molar-refractivity contribution in [3.05, 3.63) is 41.0 Å². The van der Waals surface area contributed by atoms with Gasteiger partial charge in [-0.2, -0.15) is 18.2 Å². The van der Waals surface area contributed by atoms with Crippen molar-refractivity contribution < 1.29 is 27.1 Å². The van der Waals surface area contributed by atoms with Crippen LogP contribution in [-0.2, 0) is 10.9 Å². The summed E-state index contributed by atoms with van der Waals surface area (Å²) in [6.07, 6.45) is -3.75. The van der Waals surface area contributed by atoms with Gasteiger partial charge in [0.1, 0.15) is 11.1 Å². The summed E-state index contributed by atoms with van der Waals surface area (Å²) in [6, 6.07) is 5.75. The summed E-state index contributed by atoms with van der Waals surface area (Å²) in [6.45, 7) is 8.31. The number of halogens is 4. The van der Waals surface area contributed by atoms with Crippen molar-refractivity contribution in [3.63, 3.8) is 0 Å². The molecule has 1 aromatic carbocycles. The molecule has 34 heavy (non-hydrogen) atoms. The molecule has 0 bridgehead atoms. The molecule has 182 valence electrons. The molecule has 0 N–H and O–H groups in total. The Hall–Kier alpha value is -3.01. The first-order chi connectivity index (χ1) is 15.8. The number of aromatic nitrogens is 2. The molecule has 1 aliphatic heterocycles. The Labute approximate surface area is 199 Å². The van der Waals surface area contributed by atoms with Gasteiger partial charge >= 0.3 is 12.3 Å². The number of amides is 1. The molecule has 1 fully saturated rings. The number of rotatable bonds is 2. The second kappa shape index (κ2) is 8.65. The average molecular weight is 497 g/mol. The van der Waals surface area contributed by atoms with Crippen LogP contribution in [-0.4, -0.2) is 52.2 Å². The highest BCUT2D eigenvalue weighted by Crippen LogP contribution is 2.45. The van der Waals surface area contributed by atoms with Crippen LogP contribution in [0.2, 0.25) is 5.02 Å². The van der Waals surface area contributed by atoms with Gasteiger partial charge in [-0.3, -0.25) is 4.98 Å². The van der Waals surface area contributed by atoms with E-state index < -0.39 is 28.5 Å². The summed E-state index contributed by atoms with van der Waals surface area (Å²) >= 11 is 6.07. The number of piperazine rings is 1. The minimum Gasteiger partial charge on any atom is -0.444 e. The molecule has 1 atom stereocenters. The van der Waals surface area contributed by atoms with E-state index in [1.807, 2.05) is 11.8 Å². The Kier molecular flexibility index (Phi) is 6.14. The van der Waals surface area contributed by atoms with Crippen LogP contribution in [0.4, 0.5) is 24.0 Å². The van der Waals surface area contributed by atoms with Gasteiger partial charge in [0.05, 0.1) is 21.8 Å². The molecule has 0 aliphatic carbocycles. The fourth-order valence-electron chi connectivity index (χ4n) is 3.91. The van der Waals surface area contributed by atoms with Crippen molar-refractivity contribution in [2.24, 2.45) is 0 Å². The third-order valence-electron chi connectivity index (χ3n) is 5.35. The highest BCUT2D eigenvalue weighted by Gasteiger charge is 2.40. The monoisotopic (exact) mass is 496 g/mol. The predicted molar refractivity (Wildman–Crippen MR) is 122 cm³/mol. The van der Waals surface area contributed by atoms with Crippen molar-refractivity contribution in [2.75, 3.05) is 24.5 Å². The molecule has 0 saturated carbocycles. The Balaban J connectivity index is 1.72. The van der Waals surface area contributed by atoms with Gasteiger partial charge in [-0.25, -0.2) is 4.79 Å². The van der Waals surface area contributed by atoms with Gasteiger partial charge in [0.2, 0.25) is 0 Å². The number of alkyl halides is 3. The Bertz CT molecular complexity index is 1210. The number of oxazole rings is 1. The van der Waals surface area contributed by atoms with E-state index in [4.69, 9.17) is 20.8 Å². The topological polar surface area (TPSA) is 71.7 Å². The molecular formula is C23H24ClF3N4O3.